The van der Waals surface area contributed by atoms with Gasteiger partial charge in [-0.15, -0.1) is 0 Å². The highest BCUT2D eigenvalue weighted by Crippen LogP contribution is 2.41. The summed E-state index contributed by atoms with van der Waals surface area (Å²) >= 11 is 0. The third-order valence-corrected chi connectivity index (χ3v) is 8.62. The number of imidazole rings is 1. The van der Waals surface area contributed by atoms with Crippen molar-refractivity contribution in [2.45, 2.75) is 51.7 Å². The summed E-state index contributed by atoms with van der Waals surface area (Å²) in [5.74, 6) is 1.00. The molecule has 0 unspecified atom stereocenters. The molecule has 0 spiro atoms. The molecule has 7 heteroatoms. The Morgan fingerprint density at radius 1 is 0.925 bits per heavy atom. The van der Waals surface area contributed by atoms with Crippen LogP contribution in [0.4, 0.5) is 0 Å². The summed E-state index contributed by atoms with van der Waals surface area (Å²) in [5.41, 5.74) is 3.92. The lowest BCUT2D eigenvalue weighted by atomic mass is 9.72. The smallest absolute Gasteiger partial charge is 0.277 e. The molecular weight excluding hydrogens is 498 g/mol. The summed E-state index contributed by atoms with van der Waals surface area (Å²) < 4.78 is 3.82. The predicted octanol–water partition coefficient (Wildman–Crippen LogP) is 4.95. The number of aryl methyl sites for hydroxylation is 3. The fourth-order valence-electron chi connectivity index (χ4n) is 6.58. The number of likely N-dealkylation sites (tertiary alicyclic amines) is 1. The van der Waals surface area contributed by atoms with E-state index in [4.69, 9.17) is 0 Å². The fourth-order valence-corrected chi connectivity index (χ4v) is 6.58. The maximum atomic E-state index is 13.6. The van der Waals surface area contributed by atoms with E-state index in [1.807, 2.05) is 88.7 Å². The topological polar surface area (TPSA) is 75.7 Å². The highest BCUT2D eigenvalue weighted by Gasteiger charge is 2.41. The molecule has 1 fully saturated rings. The van der Waals surface area contributed by atoms with Gasteiger partial charge in [-0.3, -0.25) is 9.20 Å². The van der Waals surface area contributed by atoms with Gasteiger partial charge in [-0.25, -0.2) is 9.97 Å². The Hall–Kier alpha value is -3.81. The van der Waals surface area contributed by atoms with Crippen LogP contribution >= 0.6 is 0 Å². The predicted molar refractivity (Wildman–Crippen MR) is 159 cm³/mol. The zero-order valence-corrected chi connectivity index (χ0v) is 23.3. The molecule has 206 valence electrons. The zero-order valence-electron chi connectivity index (χ0n) is 23.3. The van der Waals surface area contributed by atoms with Crippen molar-refractivity contribution in [1.29, 1.82) is 0 Å². The van der Waals surface area contributed by atoms with Crippen LogP contribution in [0.2, 0.25) is 0 Å². The van der Waals surface area contributed by atoms with E-state index in [1.54, 1.807) is 6.20 Å². The highest BCUT2D eigenvalue weighted by atomic mass is 16.3. The van der Waals surface area contributed by atoms with E-state index in [1.165, 1.54) is 0 Å². The van der Waals surface area contributed by atoms with E-state index >= 15 is 0 Å². The molecule has 5 aromatic rings. The van der Waals surface area contributed by atoms with Crippen LogP contribution in [-0.2, 0) is 18.6 Å². The second-order valence-corrected chi connectivity index (χ2v) is 10.9. The molecule has 6 rings (SSSR count). The first-order valence-electron chi connectivity index (χ1n) is 14.4. The van der Waals surface area contributed by atoms with Crippen molar-refractivity contribution < 1.29 is 5.11 Å². The fraction of sp³-hybridized carbons (Fsp3) is 0.364. The van der Waals surface area contributed by atoms with Crippen LogP contribution in [-0.4, -0.2) is 48.6 Å². The van der Waals surface area contributed by atoms with Crippen molar-refractivity contribution in [3.8, 4) is 0 Å². The number of piperidine rings is 1. The van der Waals surface area contributed by atoms with E-state index in [-0.39, 0.29) is 11.5 Å². The first-order valence-corrected chi connectivity index (χ1v) is 14.4. The van der Waals surface area contributed by atoms with Crippen LogP contribution < -0.4 is 5.56 Å². The average molecular weight is 536 g/mol. The Bertz CT molecular complexity index is 1630. The Morgan fingerprint density at radius 2 is 1.57 bits per heavy atom. The highest BCUT2D eigenvalue weighted by molar-refractivity contribution is 5.76. The Balaban J connectivity index is 1.18. The summed E-state index contributed by atoms with van der Waals surface area (Å²) in [6.45, 7) is 7.33. The van der Waals surface area contributed by atoms with Gasteiger partial charge in [0.2, 0.25) is 0 Å². The molecule has 3 aromatic heterocycles. The summed E-state index contributed by atoms with van der Waals surface area (Å²) in [6, 6.07) is 24.1. The lowest BCUT2D eigenvalue weighted by molar-refractivity contribution is -0.0143. The molecule has 7 nitrogen and oxygen atoms in total. The number of hydrogen-bond acceptors (Lipinski definition) is 5. The minimum Gasteiger partial charge on any atom is -0.380 e. The molecule has 0 bridgehead atoms. The summed E-state index contributed by atoms with van der Waals surface area (Å²) in [5, 5.41) is 12.2. The minimum atomic E-state index is -1.01. The summed E-state index contributed by atoms with van der Waals surface area (Å²) in [4.78, 5) is 25.4. The van der Waals surface area contributed by atoms with Crippen LogP contribution in [0.15, 0.2) is 83.8 Å². The van der Waals surface area contributed by atoms with E-state index < -0.39 is 5.60 Å². The first kappa shape index (κ1) is 26.4. The van der Waals surface area contributed by atoms with Gasteiger partial charge in [0, 0.05) is 19.2 Å². The maximum Gasteiger partial charge on any atom is 0.277 e. The molecule has 1 aliphatic rings. The van der Waals surface area contributed by atoms with E-state index in [0.29, 0.717) is 12.1 Å². The quantitative estimate of drug-likeness (QED) is 0.304. The van der Waals surface area contributed by atoms with Gasteiger partial charge >= 0.3 is 0 Å². The second-order valence-electron chi connectivity index (χ2n) is 10.9. The molecular formula is C33H37N5O2. The summed E-state index contributed by atoms with van der Waals surface area (Å²) in [6.07, 6.45) is 5.20. The molecule has 0 amide bonds. The monoisotopic (exact) mass is 535 g/mol. The molecule has 2 aromatic carbocycles. The van der Waals surface area contributed by atoms with Gasteiger partial charge in [-0.05, 0) is 75.0 Å². The largest absolute Gasteiger partial charge is 0.380 e. The van der Waals surface area contributed by atoms with E-state index in [9.17, 15) is 9.90 Å². The zero-order chi connectivity index (χ0) is 27.7. The SMILES string of the molecule is CCc1nc(C)c2c(=O)n(CCCN3CCC(C(O)(c4ccccc4)c4ccccc4)CC3)c3cccnc3n12. The summed E-state index contributed by atoms with van der Waals surface area (Å²) in [7, 11) is 0. The number of nitrogens with zero attached hydrogens (tertiary/aromatic N) is 5. The molecule has 0 saturated carbocycles. The average Bonchev–Trinajstić information content (AvgIpc) is 3.36. The number of aliphatic hydroxyl groups is 1. The molecule has 4 heterocycles. The molecule has 1 saturated heterocycles. The second kappa shape index (κ2) is 11.0. The van der Waals surface area contributed by atoms with Crippen molar-refractivity contribution in [2.24, 2.45) is 5.92 Å². The molecule has 0 atom stereocenters. The molecule has 1 aliphatic heterocycles. The van der Waals surface area contributed by atoms with E-state index in [2.05, 4.69) is 21.8 Å². The third-order valence-electron chi connectivity index (χ3n) is 8.62. The normalized spacial score (nSPS) is 15.3. The molecule has 0 aliphatic carbocycles. The van der Waals surface area contributed by atoms with Crippen molar-refractivity contribution in [1.82, 2.24) is 23.8 Å². The Labute approximate surface area is 234 Å². The van der Waals surface area contributed by atoms with Gasteiger partial charge in [0.05, 0.1) is 11.2 Å². The van der Waals surface area contributed by atoms with Crippen LogP contribution in [0, 0.1) is 12.8 Å². The molecule has 40 heavy (non-hydrogen) atoms. The molecule has 1 N–H and O–H groups in total. The Morgan fingerprint density at radius 3 is 2.20 bits per heavy atom. The molecule has 0 radical (unpaired) electrons. The van der Waals surface area contributed by atoms with Gasteiger partial charge in [0.25, 0.3) is 5.56 Å². The standard InChI is InChI=1S/C33H37N5O2/c1-3-29-35-24(2)30-32(39)37(28-16-10-19-34-31(28)38(29)30)21-11-20-36-22-17-27(18-23-36)33(40,25-12-6-4-7-13-25)26-14-8-5-9-15-26/h4-10,12-16,19,27,40H,3,11,17-18,20-23H2,1-2H3. The lowest BCUT2D eigenvalue weighted by Crippen LogP contribution is -2.44. The third kappa shape index (κ3) is 4.53. The first-order chi connectivity index (χ1) is 19.5. The number of fused-ring (bicyclic) bond motifs is 3. The Kier molecular flexibility index (Phi) is 7.26. The minimum absolute atomic E-state index is 0.000283. The van der Waals surface area contributed by atoms with Crippen LogP contribution in [0.5, 0.6) is 0 Å². The van der Waals surface area contributed by atoms with Crippen molar-refractivity contribution in [3.05, 3.63) is 112 Å². The number of aromatic nitrogens is 4. The lowest BCUT2D eigenvalue weighted by Gasteiger charge is -2.42. The number of pyridine rings is 1. The maximum absolute atomic E-state index is 13.6. The number of rotatable bonds is 8. The van der Waals surface area contributed by atoms with Crippen molar-refractivity contribution >= 4 is 16.7 Å². The van der Waals surface area contributed by atoms with E-state index in [0.717, 1.165) is 79.1 Å². The van der Waals surface area contributed by atoms with Gasteiger partial charge in [-0.1, -0.05) is 67.6 Å². The van der Waals surface area contributed by atoms with Crippen LogP contribution in [0.25, 0.3) is 16.7 Å². The van der Waals surface area contributed by atoms with Gasteiger partial charge in [0.1, 0.15) is 16.9 Å². The van der Waals surface area contributed by atoms with Crippen LogP contribution in [0.3, 0.4) is 0 Å². The number of benzene rings is 2. The van der Waals surface area contributed by atoms with Crippen LogP contribution in [0.1, 0.15) is 48.8 Å². The van der Waals surface area contributed by atoms with Crippen molar-refractivity contribution in [2.75, 3.05) is 19.6 Å². The van der Waals surface area contributed by atoms with Gasteiger partial charge in [0.15, 0.2) is 5.65 Å². The number of hydrogen-bond donors (Lipinski definition) is 1. The van der Waals surface area contributed by atoms with Crippen molar-refractivity contribution in [3.63, 3.8) is 0 Å². The van der Waals surface area contributed by atoms with Gasteiger partial charge in [-0.2, -0.15) is 0 Å². The van der Waals surface area contributed by atoms with Gasteiger partial charge < -0.3 is 14.6 Å².